The highest BCUT2D eigenvalue weighted by molar-refractivity contribution is 5.97. The zero-order valence-electron chi connectivity index (χ0n) is 23.0. The number of halogens is 1. The maximum atomic E-state index is 14.3. The van der Waals surface area contributed by atoms with Crippen molar-refractivity contribution < 1.29 is 18.7 Å². The van der Waals surface area contributed by atoms with E-state index >= 15 is 0 Å². The fourth-order valence-electron chi connectivity index (χ4n) is 6.50. The van der Waals surface area contributed by atoms with Gasteiger partial charge < -0.3 is 19.3 Å². The van der Waals surface area contributed by atoms with Crippen molar-refractivity contribution in [3.63, 3.8) is 0 Å². The first-order valence-corrected chi connectivity index (χ1v) is 14.2. The zero-order valence-corrected chi connectivity index (χ0v) is 23.0. The molecule has 6 heteroatoms. The van der Waals surface area contributed by atoms with Gasteiger partial charge in [0.2, 0.25) is 5.91 Å². The second kappa shape index (κ2) is 11.7. The van der Waals surface area contributed by atoms with Crippen molar-refractivity contribution in [2.24, 2.45) is 11.8 Å². The van der Waals surface area contributed by atoms with Crippen LogP contribution in [0.5, 0.6) is 0 Å². The summed E-state index contributed by atoms with van der Waals surface area (Å²) in [6.45, 7) is 11.3. The Morgan fingerprint density at radius 3 is 2.45 bits per heavy atom. The van der Waals surface area contributed by atoms with Gasteiger partial charge in [0.05, 0.1) is 13.2 Å². The molecule has 3 aliphatic rings. The lowest BCUT2D eigenvalue weighted by Crippen LogP contribution is -2.46. The second-order valence-electron chi connectivity index (χ2n) is 11.4. The highest BCUT2D eigenvalue weighted by Crippen LogP contribution is 2.35. The lowest BCUT2D eigenvalue weighted by atomic mass is 9.84. The van der Waals surface area contributed by atoms with Gasteiger partial charge in [-0.25, -0.2) is 4.39 Å². The number of carbonyl (C=O) groups is 1. The van der Waals surface area contributed by atoms with Crippen molar-refractivity contribution in [2.45, 2.75) is 58.7 Å². The van der Waals surface area contributed by atoms with E-state index in [0.29, 0.717) is 13.0 Å². The molecule has 0 bridgehead atoms. The van der Waals surface area contributed by atoms with E-state index in [-0.39, 0.29) is 29.3 Å². The minimum atomic E-state index is -0.311. The minimum Gasteiger partial charge on any atom is -0.347 e. The zero-order chi connectivity index (χ0) is 26.7. The maximum Gasteiger partial charge on any atom is 0.229 e. The van der Waals surface area contributed by atoms with E-state index in [1.54, 1.807) is 6.07 Å². The minimum absolute atomic E-state index is 0.0737. The summed E-state index contributed by atoms with van der Waals surface area (Å²) in [7, 11) is 0. The molecule has 1 amide bonds. The van der Waals surface area contributed by atoms with Crippen LogP contribution in [-0.4, -0.2) is 56.0 Å². The molecule has 0 N–H and O–H groups in total. The first-order valence-electron chi connectivity index (χ1n) is 14.2. The molecular weight excluding hydrogens is 479 g/mol. The molecular formula is C32H41FN2O3. The van der Waals surface area contributed by atoms with Crippen LogP contribution in [0, 0.1) is 31.5 Å². The van der Waals surface area contributed by atoms with Crippen molar-refractivity contribution in [3.8, 4) is 0 Å². The Morgan fingerprint density at radius 1 is 1.08 bits per heavy atom. The summed E-state index contributed by atoms with van der Waals surface area (Å²) in [5.41, 5.74) is 5.12. The molecule has 0 aromatic heterocycles. The molecule has 5 rings (SSSR count). The van der Waals surface area contributed by atoms with E-state index in [0.717, 1.165) is 86.5 Å². The summed E-state index contributed by atoms with van der Waals surface area (Å²) >= 11 is 0. The number of anilines is 1. The van der Waals surface area contributed by atoms with Crippen LogP contribution in [0.15, 0.2) is 42.5 Å². The second-order valence-corrected chi connectivity index (χ2v) is 11.4. The molecule has 2 aromatic rings. The number of carbonyl (C=O) groups excluding carboxylic acids is 1. The highest BCUT2D eigenvalue weighted by Gasteiger charge is 2.39. The van der Waals surface area contributed by atoms with Crippen LogP contribution in [0.25, 0.3) is 6.08 Å². The Kier molecular flexibility index (Phi) is 8.32. The summed E-state index contributed by atoms with van der Waals surface area (Å²) in [5, 5.41) is 0. The van der Waals surface area contributed by atoms with Gasteiger partial charge in [0, 0.05) is 50.6 Å². The molecule has 3 heterocycles. The number of aryl methyl sites for hydroxylation is 2. The van der Waals surface area contributed by atoms with Crippen LogP contribution < -0.4 is 4.90 Å². The maximum absolute atomic E-state index is 14.3. The summed E-state index contributed by atoms with van der Waals surface area (Å²) < 4.78 is 26.0. The van der Waals surface area contributed by atoms with Gasteiger partial charge in [-0.3, -0.25) is 4.79 Å². The first-order chi connectivity index (χ1) is 18.3. The smallest absolute Gasteiger partial charge is 0.229 e. The number of hydrogen-bond acceptors (Lipinski definition) is 4. The van der Waals surface area contributed by atoms with Gasteiger partial charge in [-0.05, 0) is 79.5 Å². The summed E-state index contributed by atoms with van der Waals surface area (Å²) in [6.07, 6.45) is 8.78. The predicted molar refractivity (Wildman–Crippen MR) is 150 cm³/mol. The monoisotopic (exact) mass is 520 g/mol. The van der Waals surface area contributed by atoms with Gasteiger partial charge in [0.25, 0.3) is 0 Å². The Bertz CT molecular complexity index is 1140. The average molecular weight is 521 g/mol. The molecule has 2 aromatic carbocycles. The lowest BCUT2D eigenvalue weighted by molar-refractivity contribution is -0.185. The molecule has 3 fully saturated rings. The van der Waals surface area contributed by atoms with Crippen LogP contribution in [0.2, 0.25) is 0 Å². The molecule has 3 saturated heterocycles. The molecule has 0 radical (unpaired) electrons. The fourth-order valence-corrected chi connectivity index (χ4v) is 6.50. The largest absolute Gasteiger partial charge is 0.347 e. The number of benzene rings is 2. The Labute approximate surface area is 226 Å². The lowest BCUT2D eigenvalue weighted by Gasteiger charge is -2.38. The van der Waals surface area contributed by atoms with Gasteiger partial charge in [-0.2, -0.15) is 0 Å². The molecule has 204 valence electrons. The Hall–Kier alpha value is -2.54. The van der Waals surface area contributed by atoms with Gasteiger partial charge in [0.1, 0.15) is 5.82 Å². The quantitative estimate of drug-likeness (QED) is 0.455. The first kappa shape index (κ1) is 27.0. The third-order valence-electron chi connectivity index (χ3n) is 8.42. The van der Waals surface area contributed by atoms with Crippen molar-refractivity contribution >= 4 is 17.7 Å². The third-order valence-corrected chi connectivity index (χ3v) is 8.42. The SMILES string of the molecule is Cc1cc(/C=C/CCN2CCC3(CC2)OCCO3)cc(C)c1N1C[C@@H](Cc2ccccc2F)C[C@@H](C)C1=O. The Balaban J connectivity index is 1.20. The van der Waals surface area contributed by atoms with E-state index in [2.05, 4.69) is 43.0 Å². The van der Waals surface area contributed by atoms with Gasteiger partial charge in [-0.15, -0.1) is 0 Å². The number of hydrogen-bond donors (Lipinski definition) is 0. The number of rotatable bonds is 7. The number of ether oxygens (including phenoxy) is 2. The highest BCUT2D eigenvalue weighted by atomic mass is 19.1. The van der Waals surface area contributed by atoms with Crippen LogP contribution in [0.1, 0.15) is 54.9 Å². The normalized spacial score (nSPS) is 24.1. The number of nitrogens with zero attached hydrogens (tertiary/aromatic N) is 2. The fraction of sp³-hybridized carbons (Fsp3) is 0.531. The Morgan fingerprint density at radius 2 is 1.76 bits per heavy atom. The van der Waals surface area contributed by atoms with Crippen LogP contribution in [0.3, 0.4) is 0 Å². The molecule has 38 heavy (non-hydrogen) atoms. The molecule has 5 nitrogen and oxygen atoms in total. The van der Waals surface area contributed by atoms with Gasteiger partial charge >= 0.3 is 0 Å². The van der Waals surface area contributed by atoms with Crippen LogP contribution >= 0.6 is 0 Å². The molecule has 0 saturated carbocycles. The third kappa shape index (κ3) is 6.03. The van der Waals surface area contributed by atoms with Crippen molar-refractivity contribution in [3.05, 3.63) is 70.5 Å². The van der Waals surface area contributed by atoms with Gasteiger partial charge in [-0.1, -0.05) is 37.3 Å². The molecule has 2 atom stereocenters. The van der Waals surface area contributed by atoms with E-state index in [4.69, 9.17) is 9.47 Å². The molecule has 3 aliphatic heterocycles. The van der Waals surface area contributed by atoms with E-state index in [1.807, 2.05) is 24.0 Å². The summed E-state index contributed by atoms with van der Waals surface area (Å²) in [5.74, 6) is -0.145. The number of likely N-dealkylation sites (tertiary alicyclic amines) is 1. The van der Waals surface area contributed by atoms with E-state index in [9.17, 15) is 9.18 Å². The van der Waals surface area contributed by atoms with Gasteiger partial charge in [0.15, 0.2) is 5.79 Å². The average Bonchev–Trinajstić information content (AvgIpc) is 3.35. The summed E-state index contributed by atoms with van der Waals surface area (Å²) in [4.78, 5) is 17.7. The number of amides is 1. The van der Waals surface area contributed by atoms with Crippen molar-refractivity contribution in [2.75, 3.05) is 44.3 Å². The molecule has 1 spiro atoms. The van der Waals surface area contributed by atoms with Crippen molar-refractivity contribution in [1.29, 1.82) is 0 Å². The topological polar surface area (TPSA) is 42.0 Å². The molecule has 0 aliphatic carbocycles. The predicted octanol–water partition coefficient (Wildman–Crippen LogP) is 5.92. The molecule has 0 unspecified atom stereocenters. The van der Waals surface area contributed by atoms with E-state index in [1.165, 1.54) is 6.07 Å². The van der Waals surface area contributed by atoms with Crippen LogP contribution in [-0.2, 0) is 20.7 Å². The van der Waals surface area contributed by atoms with Crippen molar-refractivity contribution in [1.82, 2.24) is 4.90 Å². The van der Waals surface area contributed by atoms with E-state index < -0.39 is 0 Å². The van der Waals surface area contributed by atoms with Crippen LogP contribution in [0.4, 0.5) is 10.1 Å². The summed E-state index contributed by atoms with van der Waals surface area (Å²) in [6, 6.07) is 11.3. The number of piperidine rings is 2. The standard InChI is InChI=1S/C32H41FN2O3/c1-23-18-26(8-6-7-13-34-14-11-32(12-15-34)37-16-17-38-32)19-24(2)30(23)35-22-27(20-25(3)31(35)36)21-28-9-4-5-10-29(28)33/h4-6,8-10,18-19,25,27H,7,11-17,20-22H2,1-3H3/b8-6+/t25-,27-/m1/s1.